The Morgan fingerprint density at radius 1 is 1.30 bits per heavy atom. The summed E-state index contributed by atoms with van der Waals surface area (Å²) in [5.41, 5.74) is 7.85. The average molecular weight is 273 g/mol. The Labute approximate surface area is 118 Å². The van der Waals surface area contributed by atoms with E-state index in [0.29, 0.717) is 17.8 Å². The van der Waals surface area contributed by atoms with Gasteiger partial charge in [0.05, 0.1) is 17.9 Å². The van der Waals surface area contributed by atoms with Crippen LogP contribution in [0.5, 0.6) is 0 Å². The number of hydrogen-bond acceptors (Lipinski definition) is 4. The minimum Gasteiger partial charge on any atom is -0.465 e. The van der Waals surface area contributed by atoms with Crippen molar-refractivity contribution in [3.63, 3.8) is 0 Å². The van der Waals surface area contributed by atoms with Crippen LogP contribution < -0.4 is 11.1 Å². The largest absolute Gasteiger partial charge is 0.465 e. The first kappa shape index (κ1) is 14.0. The van der Waals surface area contributed by atoms with Crippen LogP contribution in [-0.4, -0.2) is 24.9 Å². The zero-order chi connectivity index (χ0) is 14.7. The van der Waals surface area contributed by atoms with E-state index in [2.05, 4.69) is 5.32 Å². The van der Waals surface area contributed by atoms with Crippen molar-refractivity contribution >= 4 is 17.3 Å². The maximum atomic E-state index is 11.9. The van der Waals surface area contributed by atoms with Crippen molar-refractivity contribution in [2.24, 2.45) is 0 Å². The summed E-state index contributed by atoms with van der Waals surface area (Å²) >= 11 is 0. The molecule has 0 bridgehead atoms. The van der Waals surface area contributed by atoms with Crippen molar-refractivity contribution in [2.45, 2.75) is 13.5 Å². The smallest absolute Gasteiger partial charge is 0.253 e. The fourth-order valence-corrected chi connectivity index (χ4v) is 1.86. The topological polar surface area (TPSA) is 71.5 Å². The summed E-state index contributed by atoms with van der Waals surface area (Å²) in [5.74, 6) is 1.64. The summed E-state index contributed by atoms with van der Waals surface area (Å²) in [4.78, 5) is 13.5. The number of nitrogen functional groups attached to an aromatic ring is 1. The van der Waals surface area contributed by atoms with Gasteiger partial charge in [0.25, 0.3) is 5.91 Å². The third kappa shape index (κ3) is 3.12. The Hall–Kier alpha value is -2.43. The second-order valence-electron chi connectivity index (χ2n) is 4.87. The number of carbonyl (C=O) groups is 1. The molecule has 2 aromatic rings. The lowest BCUT2D eigenvalue weighted by atomic mass is 10.1. The first-order valence-electron chi connectivity index (χ1n) is 6.37. The third-order valence-corrected chi connectivity index (χ3v) is 2.96. The molecular formula is C15H19N3O2. The number of benzene rings is 1. The number of nitrogens with two attached hydrogens (primary N) is 1. The minimum absolute atomic E-state index is 0.0538. The molecule has 0 saturated carbocycles. The van der Waals surface area contributed by atoms with Crippen LogP contribution in [0.25, 0.3) is 0 Å². The highest BCUT2D eigenvalue weighted by Crippen LogP contribution is 2.21. The Bertz CT molecular complexity index is 617. The first-order chi connectivity index (χ1) is 9.47. The number of furan rings is 1. The zero-order valence-electron chi connectivity index (χ0n) is 11.9. The summed E-state index contributed by atoms with van der Waals surface area (Å²) in [7, 11) is 3.44. The molecule has 1 amide bonds. The van der Waals surface area contributed by atoms with E-state index in [1.165, 1.54) is 4.90 Å². The Morgan fingerprint density at radius 3 is 2.65 bits per heavy atom. The highest BCUT2D eigenvalue weighted by atomic mass is 16.3. The van der Waals surface area contributed by atoms with Crippen molar-refractivity contribution in [2.75, 3.05) is 25.1 Å². The Morgan fingerprint density at radius 2 is 2.05 bits per heavy atom. The molecule has 1 heterocycles. The molecule has 0 radical (unpaired) electrons. The number of nitrogens with zero attached hydrogens (tertiary/aromatic N) is 1. The van der Waals surface area contributed by atoms with E-state index in [1.54, 1.807) is 32.3 Å². The quantitative estimate of drug-likeness (QED) is 0.839. The van der Waals surface area contributed by atoms with Gasteiger partial charge in [-0.05, 0) is 37.3 Å². The van der Waals surface area contributed by atoms with Gasteiger partial charge in [0, 0.05) is 19.7 Å². The van der Waals surface area contributed by atoms with Gasteiger partial charge in [0.15, 0.2) is 0 Å². The molecule has 106 valence electrons. The fourth-order valence-electron chi connectivity index (χ4n) is 1.86. The molecule has 1 aromatic heterocycles. The molecule has 20 heavy (non-hydrogen) atoms. The molecule has 0 aliphatic heterocycles. The minimum atomic E-state index is -0.0538. The maximum absolute atomic E-state index is 11.9. The number of aryl methyl sites for hydroxylation is 1. The van der Waals surface area contributed by atoms with Gasteiger partial charge in [0.2, 0.25) is 0 Å². The van der Waals surface area contributed by atoms with E-state index in [9.17, 15) is 4.79 Å². The maximum Gasteiger partial charge on any atom is 0.253 e. The van der Waals surface area contributed by atoms with E-state index in [0.717, 1.165) is 17.2 Å². The third-order valence-electron chi connectivity index (χ3n) is 2.96. The van der Waals surface area contributed by atoms with Crippen LogP contribution in [0.15, 0.2) is 34.7 Å². The van der Waals surface area contributed by atoms with E-state index in [-0.39, 0.29) is 5.91 Å². The number of rotatable bonds is 4. The molecule has 5 nitrogen and oxygen atoms in total. The van der Waals surface area contributed by atoms with Gasteiger partial charge in [-0.1, -0.05) is 0 Å². The van der Waals surface area contributed by atoms with Gasteiger partial charge in [-0.15, -0.1) is 0 Å². The van der Waals surface area contributed by atoms with E-state index in [4.69, 9.17) is 10.2 Å². The highest BCUT2D eigenvalue weighted by Gasteiger charge is 2.10. The normalized spacial score (nSPS) is 10.3. The average Bonchev–Trinajstić information content (AvgIpc) is 2.82. The molecule has 3 N–H and O–H groups in total. The Kier molecular flexibility index (Phi) is 3.98. The summed E-state index contributed by atoms with van der Waals surface area (Å²) in [6.45, 7) is 2.42. The highest BCUT2D eigenvalue weighted by molar-refractivity contribution is 5.95. The first-order valence-corrected chi connectivity index (χ1v) is 6.37. The van der Waals surface area contributed by atoms with Crippen LogP contribution in [0.1, 0.15) is 21.9 Å². The predicted octanol–water partition coefficient (Wildman–Crippen LogP) is 2.48. The SMILES string of the molecule is Cc1ccc(CNc2cc(C(=O)N(C)C)ccc2N)o1. The van der Waals surface area contributed by atoms with Crippen LogP contribution in [-0.2, 0) is 6.54 Å². The lowest BCUT2D eigenvalue weighted by Crippen LogP contribution is -2.21. The Balaban J connectivity index is 2.14. The van der Waals surface area contributed by atoms with Gasteiger partial charge < -0.3 is 20.4 Å². The summed E-state index contributed by atoms with van der Waals surface area (Å²) < 4.78 is 5.48. The van der Waals surface area contributed by atoms with Crippen molar-refractivity contribution in [1.82, 2.24) is 4.90 Å². The summed E-state index contributed by atoms with van der Waals surface area (Å²) in [6, 6.07) is 9.03. The molecule has 0 aliphatic rings. The molecule has 0 aliphatic carbocycles. The van der Waals surface area contributed by atoms with Gasteiger partial charge >= 0.3 is 0 Å². The molecular weight excluding hydrogens is 254 g/mol. The monoisotopic (exact) mass is 273 g/mol. The summed E-state index contributed by atoms with van der Waals surface area (Å²) in [6.07, 6.45) is 0. The number of hydrogen-bond donors (Lipinski definition) is 2. The van der Waals surface area contributed by atoms with Crippen LogP contribution in [0.4, 0.5) is 11.4 Å². The van der Waals surface area contributed by atoms with Crippen molar-refractivity contribution < 1.29 is 9.21 Å². The lowest BCUT2D eigenvalue weighted by Gasteiger charge is -2.13. The van der Waals surface area contributed by atoms with Crippen LogP contribution >= 0.6 is 0 Å². The van der Waals surface area contributed by atoms with Crippen LogP contribution in [0.2, 0.25) is 0 Å². The second-order valence-corrected chi connectivity index (χ2v) is 4.87. The zero-order valence-corrected chi connectivity index (χ0v) is 11.9. The van der Waals surface area contributed by atoms with Crippen molar-refractivity contribution in [1.29, 1.82) is 0 Å². The number of carbonyl (C=O) groups excluding carboxylic acids is 1. The van der Waals surface area contributed by atoms with Crippen molar-refractivity contribution in [3.05, 3.63) is 47.4 Å². The molecule has 0 unspecified atom stereocenters. The molecule has 0 spiro atoms. The number of anilines is 2. The predicted molar refractivity (Wildman–Crippen MR) is 79.6 cm³/mol. The standard InChI is InChI=1S/C15H19N3O2/c1-10-4-6-12(20-10)9-17-14-8-11(5-7-13(14)16)15(19)18(2)3/h4-8,17H,9,16H2,1-3H3. The number of nitrogens with one attached hydrogen (secondary N) is 1. The van der Waals surface area contributed by atoms with E-state index in [1.807, 2.05) is 19.1 Å². The molecule has 1 aromatic carbocycles. The number of amides is 1. The van der Waals surface area contributed by atoms with Gasteiger partial charge in [-0.2, -0.15) is 0 Å². The molecule has 0 saturated heterocycles. The second kappa shape index (κ2) is 5.69. The molecule has 2 rings (SSSR count). The van der Waals surface area contributed by atoms with E-state index >= 15 is 0 Å². The van der Waals surface area contributed by atoms with Crippen LogP contribution in [0, 0.1) is 6.92 Å². The molecule has 0 fully saturated rings. The molecule has 0 atom stereocenters. The van der Waals surface area contributed by atoms with Crippen LogP contribution in [0.3, 0.4) is 0 Å². The van der Waals surface area contributed by atoms with Gasteiger partial charge in [-0.25, -0.2) is 0 Å². The van der Waals surface area contributed by atoms with Gasteiger partial charge in [0.1, 0.15) is 11.5 Å². The van der Waals surface area contributed by atoms with E-state index < -0.39 is 0 Å². The van der Waals surface area contributed by atoms with Gasteiger partial charge in [-0.3, -0.25) is 4.79 Å². The van der Waals surface area contributed by atoms with Crippen molar-refractivity contribution in [3.8, 4) is 0 Å². The lowest BCUT2D eigenvalue weighted by molar-refractivity contribution is 0.0827. The summed E-state index contributed by atoms with van der Waals surface area (Å²) in [5, 5.41) is 3.19. The molecule has 5 heteroatoms. The fraction of sp³-hybridized carbons (Fsp3) is 0.267.